The number of hydrogen-bond acceptors (Lipinski definition) is 2. The highest BCUT2D eigenvalue weighted by Gasteiger charge is 2.17. The van der Waals surface area contributed by atoms with E-state index in [1.807, 2.05) is 12.1 Å². The van der Waals surface area contributed by atoms with Crippen molar-refractivity contribution in [1.29, 1.82) is 0 Å². The SMILES string of the molecule is c1cc(-c2ccc(N(c3ccc(-c4ccc(-c5ccc6ccccc6c5)cc4)cc3)c3ccc(-c4cccc5c4oc4ccccc45)cc3)cc2)cc(-n2c3ccccc3c3ccccc32)c1. The summed E-state index contributed by atoms with van der Waals surface area (Å²) in [7, 11) is 0. The minimum absolute atomic E-state index is 0.902. The lowest BCUT2D eigenvalue weighted by molar-refractivity contribution is 0.670. The molecular weight excluding hydrogens is 813 g/mol. The molecule has 3 nitrogen and oxygen atoms in total. The first-order valence-corrected chi connectivity index (χ1v) is 22.9. The van der Waals surface area contributed by atoms with E-state index in [0.29, 0.717) is 0 Å². The van der Waals surface area contributed by atoms with Gasteiger partial charge in [0, 0.05) is 49.9 Å². The van der Waals surface area contributed by atoms with Gasteiger partial charge in [0.05, 0.1) is 11.0 Å². The van der Waals surface area contributed by atoms with E-state index in [4.69, 9.17) is 4.42 Å². The van der Waals surface area contributed by atoms with Crippen LogP contribution in [0.25, 0.3) is 105 Å². The fraction of sp³-hybridized carbons (Fsp3) is 0. The van der Waals surface area contributed by atoms with Crippen LogP contribution in [0, 0.1) is 0 Å². The van der Waals surface area contributed by atoms with Crippen LogP contribution in [0.2, 0.25) is 0 Å². The number of aromatic nitrogens is 1. The second-order valence-electron chi connectivity index (χ2n) is 17.3. The lowest BCUT2D eigenvalue weighted by Crippen LogP contribution is -2.09. The highest BCUT2D eigenvalue weighted by atomic mass is 16.3. The molecule has 0 radical (unpaired) electrons. The molecule has 67 heavy (non-hydrogen) atoms. The first kappa shape index (κ1) is 38.5. The summed E-state index contributed by atoms with van der Waals surface area (Å²) in [6, 6.07) is 91.9. The molecular formula is C64H42N2O. The minimum atomic E-state index is 0.902. The van der Waals surface area contributed by atoms with Gasteiger partial charge in [0.15, 0.2) is 0 Å². The van der Waals surface area contributed by atoms with Crippen LogP contribution in [0.1, 0.15) is 0 Å². The Morgan fingerprint density at radius 3 is 1.40 bits per heavy atom. The summed E-state index contributed by atoms with van der Waals surface area (Å²) in [5.41, 5.74) is 17.9. The van der Waals surface area contributed by atoms with Gasteiger partial charge in [0.25, 0.3) is 0 Å². The lowest BCUT2D eigenvalue weighted by Gasteiger charge is -2.26. The van der Waals surface area contributed by atoms with Gasteiger partial charge in [-0.15, -0.1) is 0 Å². The molecule has 11 aromatic carbocycles. The van der Waals surface area contributed by atoms with Crippen molar-refractivity contribution in [1.82, 2.24) is 4.57 Å². The number of rotatable bonds is 8. The third-order valence-electron chi connectivity index (χ3n) is 13.4. The van der Waals surface area contributed by atoms with E-state index in [1.54, 1.807) is 0 Å². The van der Waals surface area contributed by atoms with Crippen LogP contribution >= 0.6 is 0 Å². The van der Waals surface area contributed by atoms with Crippen molar-refractivity contribution in [3.05, 3.63) is 255 Å². The van der Waals surface area contributed by atoms with Gasteiger partial charge in [-0.25, -0.2) is 0 Å². The van der Waals surface area contributed by atoms with Crippen molar-refractivity contribution < 1.29 is 4.42 Å². The quantitative estimate of drug-likeness (QED) is 0.152. The van der Waals surface area contributed by atoms with Crippen molar-refractivity contribution in [2.24, 2.45) is 0 Å². The molecule has 0 saturated carbocycles. The van der Waals surface area contributed by atoms with Crippen molar-refractivity contribution >= 4 is 71.6 Å². The molecule has 0 saturated heterocycles. The molecule has 2 aromatic heterocycles. The van der Waals surface area contributed by atoms with Gasteiger partial charge in [-0.3, -0.25) is 0 Å². The molecule has 3 heteroatoms. The number of para-hydroxylation sites is 4. The summed E-state index contributed by atoms with van der Waals surface area (Å²) in [6.45, 7) is 0. The molecule has 0 amide bonds. The summed E-state index contributed by atoms with van der Waals surface area (Å²) in [5, 5.41) is 7.29. The molecule has 0 bridgehead atoms. The Hall–Kier alpha value is -8.92. The molecule has 13 rings (SSSR count). The van der Waals surface area contributed by atoms with E-state index in [-0.39, 0.29) is 0 Å². The largest absolute Gasteiger partial charge is 0.455 e. The summed E-state index contributed by atoms with van der Waals surface area (Å²) < 4.78 is 8.83. The molecule has 0 aliphatic carbocycles. The fourth-order valence-electron chi connectivity index (χ4n) is 10.1. The predicted octanol–water partition coefficient (Wildman–Crippen LogP) is 18.0. The Labute approximate surface area is 388 Å². The summed E-state index contributed by atoms with van der Waals surface area (Å²) in [6.07, 6.45) is 0. The third kappa shape index (κ3) is 6.76. The second-order valence-corrected chi connectivity index (χ2v) is 17.3. The third-order valence-corrected chi connectivity index (χ3v) is 13.4. The summed E-state index contributed by atoms with van der Waals surface area (Å²) >= 11 is 0. The van der Waals surface area contributed by atoms with Crippen LogP contribution < -0.4 is 4.90 Å². The fourth-order valence-corrected chi connectivity index (χ4v) is 10.1. The van der Waals surface area contributed by atoms with Crippen LogP contribution in [0.3, 0.4) is 0 Å². The van der Waals surface area contributed by atoms with Crippen LogP contribution in [0.15, 0.2) is 259 Å². The summed E-state index contributed by atoms with van der Waals surface area (Å²) in [4.78, 5) is 2.34. The first-order chi connectivity index (χ1) is 33.2. The zero-order chi connectivity index (χ0) is 44.3. The van der Waals surface area contributed by atoms with E-state index in [2.05, 4.69) is 252 Å². The van der Waals surface area contributed by atoms with E-state index < -0.39 is 0 Å². The van der Waals surface area contributed by atoms with Gasteiger partial charge in [-0.1, -0.05) is 182 Å². The molecule has 0 aliphatic heterocycles. The second kappa shape index (κ2) is 16.0. The van der Waals surface area contributed by atoms with E-state index in [9.17, 15) is 0 Å². The summed E-state index contributed by atoms with van der Waals surface area (Å²) in [5.74, 6) is 0. The molecule has 0 fully saturated rings. The maximum Gasteiger partial charge on any atom is 0.143 e. The van der Waals surface area contributed by atoms with Crippen molar-refractivity contribution in [3.63, 3.8) is 0 Å². The first-order valence-electron chi connectivity index (χ1n) is 22.9. The Morgan fingerprint density at radius 1 is 0.299 bits per heavy atom. The van der Waals surface area contributed by atoms with E-state index in [0.717, 1.165) is 66.9 Å². The average molecular weight is 855 g/mol. The van der Waals surface area contributed by atoms with Crippen LogP contribution in [0.5, 0.6) is 0 Å². The van der Waals surface area contributed by atoms with Crippen molar-refractivity contribution in [2.75, 3.05) is 4.90 Å². The van der Waals surface area contributed by atoms with Crippen molar-refractivity contribution in [3.8, 4) is 50.2 Å². The Bertz CT molecular complexity index is 3900. The Morgan fingerprint density at radius 2 is 0.761 bits per heavy atom. The number of benzene rings is 11. The Balaban J connectivity index is 0.854. The molecule has 0 unspecified atom stereocenters. The van der Waals surface area contributed by atoms with Crippen LogP contribution in [0.4, 0.5) is 17.1 Å². The predicted molar refractivity (Wildman–Crippen MR) is 282 cm³/mol. The van der Waals surface area contributed by atoms with Gasteiger partial charge in [0.1, 0.15) is 11.2 Å². The van der Waals surface area contributed by atoms with Crippen LogP contribution in [-0.2, 0) is 0 Å². The van der Waals surface area contributed by atoms with Gasteiger partial charge >= 0.3 is 0 Å². The molecule has 0 N–H and O–H groups in total. The lowest BCUT2D eigenvalue weighted by atomic mass is 9.98. The normalized spacial score (nSPS) is 11.6. The Kier molecular flexibility index (Phi) is 9.17. The number of anilines is 3. The van der Waals surface area contributed by atoms with Crippen LogP contribution in [-0.4, -0.2) is 4.57 Å². The number of nitrogens with zero attached hydrogens (tertiary/aromatic N) is 2. The molecule has 2 heterocycles. The zero-order valence-electron chi connectivity index (χ0n) is 36.6. The molecule has 13 aromatic rings. The van der Waals surface area contributed by atoms with Gasteiger partial charge in [-0.2, -0.15) is 0 Å². The maximum atomic E-state index is 6.45. The standard InChI is InChI=1S/C64H42N2O/c1-2-12-49-41-51(28-27-43(49)11-1)46-25-23-44(24-26-46)45-29-35-52(36-30-45)65(54-39-33-48(34-40-54)56-18-10-19-60-59-17-5-8-22-63(59)67-64(56)60)53-37-31-47(32-38-53)50-13-9-14-55(42-50)66-61-20-6-3-15-57(61)58-16-4-7-21-62(58)66/h1-42H. The smallest absolute Gasteiger partial charge is 0.143 e. The van der Waals surface area contributed by atoms with E-state index >= 15 is 0 Å². The zero-order valence-corrected chi connectivity index (χ0v) is 36.6. The number of hydrogen-bond donors (Lipinski definition) is 0. The average Bonchev–Trinajstić information content (AvgIpc) is 3.96. The molecule has 0 spiro atoms. The molecule has 314 valence electrons. The number of furan rings is 1. The monoisotopic (exact) mass is 854 g/mol. The minimum Gasteiger partial charge on any atom is -0.455 e. The van der Waals surface area contributed by atoms with Crippen molar-refractivity contribution in [2.45, 2.75) is 0 Å². The topological polar surface area (TPSA) is 21.3 Å². The molecule has 0 atom stereocenters. The van der Waals surface area contributed by atoms with E-state index in [1.165, 1.54) is 54.8 Å². The van der Waals surface area contributed by atoms with Gasteiger partial charge in [-0.05, 0) is 123 Å². The van der Waals surface area contributed by atoms with Gasteiger partial charge < -0.3 is 13.9 Å². The number of fused-ring (bicyclic) bond motifs is 7. The highest BCUT2D eigenvalue weighted by Crippen LogP contribution is 2.41. The highest BCUT2D eigenvalue weighted by molar-refractivity contribution is 6.10. The maximum absolute atomic E-state index is 6.45. The molecule has 0 aliphatic rings. The van der Waals surface area contributed by atoms with Gasteiger partial charge in [0.2, 0.25) is 0 Å².